The molecule has 0 saturated heterocycles. The largest absolute Gasteiger partial charge is 0.312 e. The first-order valence-corrected chi connectivity index (χ1v) is 6.97. The topological polar surface area (TPSA) is 0 Å². The lowest BCUT2D eigenvalue weighted by atomic mass is 10.2. The van der Waals surface area contributed by atoms with Crippen LogP contribution < -0.4 is 0 Å². The molecule has 1 rings (SSSR count). The number of rotatable bonds is 2. The molecule has 0 saturated carbocycles. The van der Waals surface area contributed by atoms with Gasteiger partial charge in [-0.2, -0.15) is 8.78 Å². The molecular formula is C8H4BrClF2I2. The summed E-state index contributed by atoms with van der Waals surface area (Å²) < 4.78 is 23.0. The summed E-state index contributed by atoms with van der Waals surface area (Å²) >= 11 is 11.8. The molecule has 0 amide bonds. The number of hydrogen-bond donors (Lipinski definition) is 0. The Hall–Kier alpha value is 1.31. The summed E-state index contributed by atoms with van der Waals surface area (Å²) in [4.78, 5) is 0. The van der Waals surface area contributed by atoms with Crippen LogP contribution >= 0.6 is 72.7 Å². The number of alkyl halides is 4. The predicted molar refractivity (Wildman–Crippen MR) is 74.9 cm³/mol. The molecule has 0 aliphatic heterocycles. The van der Waals surface area contributed by atoms with Crippen molar-refractivity contribution in [2.45, 2.75) is 7.85 Å². The molecular weight excluding hydrogens is 503 g/mol. The zero-order chi connectivity index (χ0) is 10.9. The summed E-state index contributed by atoms with van der Waals surface area (Å²) in [6.07, 6.45) is 0. The molecule has 0 spiro atoms. The molecule has 0 bridgehead atoms. The minimum absolute atomic E-state index is 0.522. The molecule has 0 nitrogen and oxygen atoms in total. The molecule has 6 heteroatoms. The van der Waals surface area contributed by atoms with E-state index in [0.29, 0.717) is 15.1 Å². The van der Waals surface area contributed by atoms with Crippen molar-refractivity contribution in [1.82, 2.24) is 0 Å². The van der Waals surface area contributed by atoms with Crippen molar-refractivity contribution >= 4 is 72.7 Å². The van der Waals surface area contributed by atoms with E-state index in [4.69, 9.17) is 11.6 Å². The van der Waals surface area contributed by atoms with Crippen molar-refractivity contribution in [3.8, 4) is 0 Å². The van der Waals surface area contributed by atoms with Crippen LogP contribution in [0.15, 0.2) is 22.7 Å². The quantitative estimate of drug-likeness (QED) is 0.361. The fourth-order valence-corrected chi connectivity index (χ4v) is 2.12. The Labute approximate surface area is 121 Å². The molecule has 0 N–H and O–H groups in total. The van der Waals surface area contributed by atoms with Crippen molar-refractivity contribution in [2.75, 3.05) is 0 Å². The highest BCUT2D eigenvalue weighted by molar-refractivity contribution is 14.1. The second-order valence-electron chi connectivity index (χ2n) is 2.58. The van der Waals surface area contributed by atoms with Gasteiger partial charge in [-0.3, -0.25) is 0 Å². The summed E-state index contributed by atoms with van der Waals surface area (Å²) in [7, 11) is 0. The summed E-state index contributed by atoms with van der Waals surface area (Å²) in [5, 5.41) is 0.522. The molecule has 0 aliphatic carbocycles. The Morgan fingerprint density at radius 1 is 1.43 bits per heavy atom. The standard InChI is InChI=1S/C8H4BrClF2I2/c9-5-3-4(1-2-6(5)10)7(13)8(11,12)14/h1-3,7H. The van der Waals surface area contributed by atoms with Crippen LogP contribution in [-0.4, -0.2) is 3.93 Å². The average Bonchev–Trinajstić information content (AvgIpc) is 2.07. The van der Waals surface area contributed by atoms with Crippen LogP contribution in [0.5, 0.6) is 0 Å². The van der Waals surface area contributed by atoms with Gasteiger partial charge in [0.05, 0.1) is 5.02 Å². The van der Waals surface area contributed by atoms with Gasteiger partial charge in [-0.15, -0.1) is 0 Å². The fraction of sp³-hybridized carbons (Fsp3) is 0.250. The van der Waals surface area contributed by atoms with E-state index in [9.17, 15) is 8.78 Å². The summed E-state index contributed by atoms with van der Waals surface area (Å²) in [5.74, 6) is 0. The van der Waals surface area contributed by atoms with E-state index in [1.807, 2.05) is 0 Å². The van der Waals surface area contributed by atoms with E-state index >= 15 is 0 Å². The third-order valence-electron chi connectivity index (χ3n) is 1.52. The van der Waals surface area contributed by atoms with Gasteiger partial charge in [0.25, 0.3) is 0 Å². The molecule has 0 fully saturated rings. The molecule has 0 radical (unpaired) electrons. The maximum absolute atomic E-state index is 13.0. The third-order valence-corrected chi connectivity index (χ3v) is 6.05. The molecule has 78 valence electrons. The Balaban J connectivity index is 3.03. The molecule has 1 aromatic rings. The van der Waals surface area contributed by atoms with Gasteiger partial charge in [0.2, 0.25) is 0 Å². The molecule has 0 aliphatic rings. The normalized spacial score (nSPS) is 14.1. The van der Waals surface area contributed by atoms with E-state index in [1.165, 1.54) is 0 Å². The van der Waals surface area contributed by atoms with Gasteiger partial charge < -0.3 is 0 Å². The number of halogens is 6. The van der Waals surface area contributed by atoms with Crippen molar-refractivity contribution in [3.63, 3.8) is 0 Å². The van der Waals surface area contributed by atoms with Crippen molar-refractivity contribution < 1.29 is 8.78 Å². The highest BCUT2D eigenvalue weighted by Crippen LogP contribution is 2.44. The lowest BCUT2D eigenvalue weighted by Gasteiger charge is -2.16. The van der Waals surface area contributed by atoms with Gasteiger partial charge >= 0.3 is 3.93 Å². The Bertz CT molecular complexity index is 341. The van der Waals surface area contributed by atoms with Gasteiger partial charge in [-0.1, -0.05) is 40.3 Å². The Kier molecular flexibility index (Phi) is 4.87. The molecule has 1 atom stereocenters. The average molecular weight is 507 g/mol. The summed E-state index contributed by atoms with van der Waals surface area (Å²) in [6, 6.07) is 4.83. The smallest absolute Gasteiger partial charge is 0.193 e. The zero-order valence-electron chi connectivity index (χ0n) is 6.58. The highest BCUT2D eigenvalue weighted by atomic mass is 127. The van der Waals surface area contributed by atoms with Crippen LogP contribution in [0.3, 0.4) is 0 Å². The van der Waals surface area contributed by atoms with Crippen LogP contribution in [0.4, 0.5) is 8.78 Å². The first-order chi connectivity index (χ1) is 6.32. The molecule has 1 aromatic carbocycles. The molecule has 14 heavy (non-hydrogen) atoms. The lowest BCUT2D eigenvalue weighted by Crippen LogP contribution is -2.12. The van der Waals surface area contributed by atoms with Gasteiger partial charge in [0, 0.05) is 27.1 Å². The van der Waals surface area contributed by atoms with Gasteiger partial charge in [0.1, 0.15) is 3.92 Å². The third kappa shape index (κ3) is 3.41. The zero-order valence-corrected chi connectivity index (χ0v) is 13.2. The predicted octanol–water partition coefficient (Wildman–Crippen LogP) is 5.61. The van der Waals surface area contributed by atoms with E-state index in [0.717, 1.165) is 22.6 Å². The van der Waals surface area contributed by atoms with Crippen molar-refractivity contribution in [1.29, 1.82) is 0 Å². The van der Waals surface area contributed by atoms with Crippen LogP contribution in [0.25, 0.3) is 0 Å². The Morgan fingerprint density at radius 3 is 2.43 bits per heavy atom. The Morgan fingerprint density at radius 2 is 2.00 bits per heavy atom. The van der Waals surface area contributed by atoms with E-state index in [-0.39, 0.29) is 0 Å². The van der Waals surface area contributed by atoms with Gasteiger partial charge in [-0.05, 0) is 33.6 Å². The van der Waals surface area contributed by atoms with E-state index < -0.39 is 7.85 Å². The molecule has 0 heterocycles. The first kappa shape index (κ1) is 13.4. The monoisotopic (exact) mass is 506 g/mol. The van der Waals surface area contributed by atoms with Crippen molar-refractivity contribution in [2.24, 2.45) is 0 Å². The minimum atomic E-state index is -2.76. The van der Waals surface area contributed by atoms with Crippen LogP contribution in [-0.2, 0) is 0 Å². The second kappa shape index (κ2) is 5.09. The maximum Gasteiger partial charge on any atom is 0.312 e. The van der Waals surface area contributed by atoms with E-state index in [1.54, 1.807) is 40.8 Å². The lowest BCUT2D eigenvalue weighted by molar-refractivity contribution is 0.129. The summed E-state index contributed by atoms with van der Waals surface area (Å²) in [5.41, 5.74) is 0.557. The number of hydrogen-bond acceptors (Lipinski definition) is 0. The molecule has 0 aromatic heterocycles. The first-order valence-electron chi connectivity index (χ1n) is 3.48. The SMILES string of the molecule is FC(F)(I)C(I)c1ccc(Cl)c(Br)c1. The van der Waals surface area contributed by atoms with Crippen molar-refractivity contribution in [3.05, 3.63) is 33.3 Å². The minimum Gasteiger partial charge on any atom is -0.193 e. The summed E-state index contributed by atoms with van der Waals surface area (Å²) in [6.45, 7) is 0. The highest BCUT2D eigenvalue weighted by Gasteiger charge is 2.35. The van der Waals surface area contributed by atoms with Gasteiger partial charge in [0.15, 0.2) is 0 Å². The van der Waals surface area contributed by atoms with E-state index in [2.05, 4.69) is 15.9 Å². The second-order valence-corrected chi connectivity index (χ2v) is 6.52. The van der Waals surface area contributed by atoms with Crippen LogP contribution in [0.1, 0.15) is 9.49 Å². The maximum atomic E-state index is 13.0. The number of benzene rings is 1. The van der Waals surface area contributed by atoms with Gasteiger partial charge in [-0.25, -0.2) is 0 Å². The van der Waals surface area contributed by atoms with Crippen LogP contribution in [0, 0.1) is 0 Å². The fourth-order valence-electron chi connectivity index (χ4n) is 0.859. The molecule has 1 unspecified atom stereocenters. The van der Waals surface area contributed by atoms with Crippen LogP contribution in [0.2, 0.25) is 5.02 Å².